The van der Waals surface area contributed by atoms with E-state index < -0.39 is 11.8 Å². The van der Waals surface area contributed by atoms with Crippen LogP contribution in [0.5, 0.6) is 5.75 Å². The minimum absolute atomic E-state index is 0.0864. The number of hydrogen-bond acceptors (Lipinski definition) is 4. The van der Waals surface area contributed by atoms with Gasteiger partial charge in [0, 0.05) is 15.8 Å². The van der Waals surface area contributed by atoms with Crippen LogP contribution in [0.1, 0.15) is 10.4 Å². The van der Waals surface area contributed by atoms with Crippen molar-refractivity contribution in [1.82, 2.24) is 4.98 Å². The number of fused-ring (bicyclic) bond motifs is 2. The van der Waals surface area contributed by atoms with Crippen LogP contribution in [0.3, 0.4) is 0 Å². The molecule has 130 valence electrons. The second-order valence-electron chi connectivity index (χ2n) is 5.63. The number of carboxylic acid groups (broad SMARTS) is 1. The number of pyridine rings is 1. The third-order valence-corrected chi connectivity index (χ3v) is 4.26. The second kappa shape index (κ2) is 6.00. The molecule has 0 bridgehead atoms. The minimum atomic E-state index is -1.21. The number of ether oxygens (including phenoxy) is 1. The molecule has 0 atom stereocenters. The molecule has 2 heterocycles. The molecule has 0 aliphatic heterocycles. The lowest BCUT2D eigenvalue weighted by molar-refractivity contribution is 0.0699. The smallest absolute Gasteiger partial charge is 0.336 e. The number of para-hydroxylation sites is 1. The summed E-state index contributed by atoms with van der Waals surface area (Å²) in [5.74, 6) is -1.08. The molecule has 0 amide bonds. The van der Waals surface area contributed by atoms with Crippen LogP contribution < -0.4 is 4.74 Å². The van der Waals surface area contributed by atoms with Gasteiger partial charge in [-0.15, -0.1) is 0 Å². The van der Waals surface area contributed by atoms with E-state index in [1.54, 1.807) is 18.2 Å². The number of nitrogens with zero attached hydrogens (tertiary/aromatic N) is 1. The summed E-state index contributed by atoms with van der Waals surface area (Å²) < 4.78 is 25.4. The first-order valence-electron chi connectivity index (χ1n) is 7.58. The van der Waals surface area contributed by atoms with E-state index in [4.69, 9.17) is 20.8 Å². The SMILES string of the molecule is COc1cccc2cc(-c3cc(C(=O)O)c4cc(Cl)cc(F)c4n3)oc12. The van der Waals surface area contributed by atoms with E-state index in [9.17, 15) is 14.3 Å². The maximum Gasteiger partial charge on any atom is 0.336 e. The van der Waals surface area contributed by atoms with Crippen molar-refractivity contribution in [1.29, 1.82) is 0 Å². The first-order valence-corrected chi connectivity index (χ1v) is 7.95. The highest BCUT2D eigenvalue weighted by molar-refractivity contribution is 6.31. The first-order chi connectivity index (χ1) is 12.5. The van der Waals surface area contributed by atoms with Gasteiger partial charge in [0.1, 0.15) is 11.2 Å². The van der Waals surface area contributed by atoms with Crippen LogP contribution in [0, 0.1) is 5.82 Å². The Bertz CT molecular complexity index is 1190. The first kappa shape index (κ1) is 16.4. The number of rotatable bonds is 3. The van der Waals surface area contributed by atoms with Gasteiger partial charge in [0.05, 0.1) is 12.7 Å². The lowest BCUT2D eigenvalue weighted by Gasteiger charge is -2.07. The summed E-state index contributed by atoms with van der Waals surface area (Å²) in [6.07, 6.45) is 0. The molecule has 0 saturated heterocycles. The number of methoxy groups -OCH3 is 1. The molecule has 1 N–H and O–H groups in total. The Morgan fingerprint density at radius 2 is 2.08 bits per heavy atom. The van der Waals surface area contributed by atoms with Gasteiger partial charge in [-0.25, -0.2) is 14.2 Å². The van der Waals surface area contributed by atoms with Gasteiger partial charge in [0.15, 0.2) is 22.9 Å². The highest BCUT2D eigenvalue weighted by Gasteiger charge is 2.19. The van der Waals surface area contributed by atoms with Crippen LogP contribution in [-0.2, 0) is 0 Å². The molecule has 5 nitrogen and oxygen atoms in total. The Morgan fingerprint density at radius 1 is 1.27 bits per heavy atom. The van der Waals surface area contributed by atoms with E-state index in [2.05, 4.69) is 4.98 Å². The van der Waals surface area contributed by atoms with Crippen molar-refractivity contribution in [3.05, 3.63) is 58.9 Å². The molecule has 0 aliphatic rings. The maximum absolute atomic E-state index is 14.3. The molecule has 4 aromatic rings. The summed E-state index contributed by atoms with van der Waals surface area (Å²) in [4.78, 5) is 15.9. The average Bonchev–Trinajstić information content (AvgIpc) is 3.05. The van der Waals surface area contributed by atoms with Gasteiger partial charge >= 0.3 is 5.97 Å². The number of carboxylic acids is 1. The molecule has 0 aliphatic carbocycles. The van der Waals surface area contributed by atoms with E-state index in [0.717, 1.165) is 11.5 Å². The van der Waals surface area contributed by atoms with Crippen LogP contribution >= 0.6 is 11.6 Å². The average molecular weight is 372 g/mol. The van der Waals surface area contributed by atoms with Crippen LogP contribution in [0.15, 0.2) is 46.9 Å². The largest absolute Gasteiger partial charge is 0.493 e. The second-order valence-corrected chi connectivity index (χ2v) is 6.07. The molecular formula is C19H11ClFNO4. The molecule has 0 fully saturated rings. The van der Waals surface area contributed by atoms with Crippen LogP contribution in [0.4, 0.5) is 4.39 Å². The van der Waals surface area contributed by atoms with Crippen molar-refractivity contribution in [2.45, 2.75) is 0 Å². The minimum Gasteiger partial charge on any atom is -0.493 e. The van der Waals surface area contributed by atoms with Gasteiger partial charge in [-0.05, 0) is 30.3 Å². The number of benzene rings is 2. The summed E-state index contributed by atoms with van der Waals surface area (Å²) in [6, 6.07) is 10.9. The predicted octanol–water partition coefficient (Wildman–Crippen LogP) is 5.15. The van der Waals surface area contributed by atoms with Crippen molar-refractivity contribution in [3.8, 4) is 17.2 Å². The molecule has 0 unspecified atom stereocenters. The molecule has 2 aromatic carbocycles. The van der Waals surface area contributed by atoms with E-state index in [1.165, 1.54) is 19.2 Å². The zero-order chi connectivity index (χ0) is 18.4. The molecule has 2 aromatic heterocycles. The highest BCUT2D eigenvalue weighted by atomic mass is 35.5. The van der Waals surface area contributed by atoms with Crippen molar-refractivity contribution >= 4 is 39.4 Å². The Kier molecular flexibility index (Phi) is 3.77. The van der Waals surface area contributed by atoms with Gasteiger partial charge in [0.25, 0.3) is 0 Å². The standard InChI is InChI=1S/C19H11ClFNO4/c1-25-15-4-2-3-9-5-16(26-18(9)15)14-8-12(19(23)24)11-6-10(20)7-13(21)17(11)22-14/h2-8H,1H3,(H,23,24). The van der Waals surface area contributed by atoms with E-state index in [-0.39, 0.29) is 27.2 Å². The third-order valence-electron chi connectivity index (χ3n) is 4.04. The fourth-order valence-electron chi connectivity index (χ4n) is 2.88. The van der Waals surface area contributed by atoms with E-state index >= 15 is 0 Å². The molecule has 0 saturated carbocycles. The lowest BCUT2D eigenvalue weighted by atomic mass is 10.1. The fourth-order valence-corrected chi connectivity index (χ4v) is 3.08. The van der Waals surface area contributed by atoms with Gasteiger partial charge < -0.3 is 14.3 Å². The summed E-state index contributed by atoms with van der Waals surface area (Å²) in [6.45, 7) is 0. The van der Waals surface area contributed by atoms with Crippen LogP contribution in [0.25, 0.3) is 33.3 Å². The van der Waals surface area contributed by atoms with Gasteiger partial charge in [-0.2, -0.15) is 0 Å². The maximum atomic E-state index is 14.3. The Labute approximate surface area is 151 Å². The summed E-state index contributed by atoms with van der Waals surface area (Å²) >= 11 is 5.85. The quantitative estimate of drug-likeness (QED) is 0.539. The Hall–Kier alpha value is -3.12. The number of halogens is 2. The van der Waals surface area contributed by atoms with Crippen molar-refractivity contribution in [2.75, 3.05) is 7.11 Å². The van der Waals surface area contributed by atoms with Gasteiger partial charge in [-0.1, -0.05) is 23.7 Å². The number of furan rings is 1. The Balaban J connectivity index is 2.02. The zero-order valence-corrected chi connectivity index (χ0v) is 14.2. The topological polar surface area (TPSA) is 72.6 Å². The number of hydrogen-bond donors (Lipinski definition) is 1. The fraction of sp³-hybridized carbons (Fsp3) is 0.0526. The number of aromatic nitrogens is 1. The molecule has 0 radical (unpaired) electrons. The summed E-state index contributed by atoms with van der Waals surface area (Å²) in [5, 5.41) is 10.5. The molecule has 26 heavy (non-hydrogen) atoms. The summed E-state index contributed by atoms with van der Waals surface area (Å²) in [5.41, 5.74) is 0.505. The zero-order valence-electron chi connectivity index (χ0n) is 13.4. The van der Waals surface area contributed by atoms with Crippen molar-refractivity contribution in [3.63, 3.8) is 0 Å². The normalized spacial score (nSPS) is 11.2. The molecular weight excluding hydrogens is 361 g/mol. The van der Waals surface area contributed by atoms with Crippen molar-refractivity contribution < 1.29 is 23.4 Å². The monoisotopic (exact) mass is 371 g/mol. The Morgan fingerprint density at radius 3 is 2.81 bits per heavy atom. The van der Waals surface area contributed by atoms with E-state index in [0.29, 0.717) is 17.1 Å². The predicted molar refractivity (Wildman–Crippen MR) is 95.4 cm³/mol. The molecule has 0 spiro atoms. The summed E-state index contributed by atoms with van der Waals surface area (Å²) in [7, 11) is 1.52. The highest BCUT2D eigenvalue weighted by Crippen LogP contribution is 2.35. The van der Waals surface area contributed by atoms with Crippen LogP contribution in [-0.4, -0.2) is 23.2 Å². The van der Waals surface area contributed by atoms with Crippen molar-refractivity contribution in [2.24, 2.45) is 0 Å². The lowest BCUT2D eigenvalue weighted by Crippen LogP contribution is -2.01. The number of carbonyl (C=O) groups is 1. The molecule has 7 heteroatoms. The molecule has 4 rings (SSSR count). The van der Waals surface area contributed by atoms with Gasteiger partial charge in [0.2, 0.25) is 0 Å². The van der Waals surface area contributed by atoms with Gasteiger partial charge in [-0.3, -0.25) is 0 Å². The van der Waals surface area contributed by atoms with Crippen LogP contribution in [0.2, 0.25) is 5.02 Å². The third kappa shape index (κ3) is 2.55. The van der Waals surface area contributed by atoms with E-state index in [1.807, 2.05) is 6.07 Å². The number of aromatic carboxylic acids is 1.